The number of pyridine rings is 1. The summed E-state index contributed by atoms with van der Waals surface area (Å²) in [5.74, 6) is 0.498. The fraction of sp³-hybridized carbons (Fsp3) is 0.480. The summed E-state index contributed by atoms with van der Waals surface area (Å²) < 4.78 is 30.6. The number of nitrogens with zero attached hydrogens (tertiary/aromatic N) is 4. The van der Waals surface area contributed by atoms with Gasteiger partial charge < -0.3 is 19.4 Å². The maximum atomic E-state index is 13.4. The average Bonchev–Trinajstić information content (AvgIpc) is 3.18. The van der Waals surface area contributed by atoms with E-state index in [0.29, 0.717) is 51.3 Å². The van der Waals surface area contributed by atoms with Crippen molar-refractivity contribution >= 4 is 33.2 Å². The molecular weight excluding hydrogens is 468 g/mol. The van der Waals surface area contributed by atoms with Crippen molar-refractivity contribution in [3.05, 3.63) is 47.2 Å². The summed E-state index contributed by atoms with van der Waals surface area (Å²) in [5, 5.41) is 0. The van der Waals surface area contributed by atoms with Crippen LogP contribution in [0.25, 0.3) is 0 Å². The van der Waals surface area contributed by atoms with Gasteiger partial charge in [0, 0.05) is 57.8 Å². The lowest BCUT2D eigenvalue weighted by molar-refractivity contribution is -0.117. The highest BCUT2D eigenvalue weighted by molar-refractivity contribution is 7.90. The molecule has 0 bridgehead atoms. The summed E-state index contributed by atoms with van der Waals surface area (Å²) in [7, 11) is -2.15. The number of amides is 2. The number of ether oxygens (including phenoxy) is 1. The van der Waals surface area contributed by atoms with Crippen LogP contribution in [0.4, 0.5) is 11.5 Å². The van der Waals surface area contributed by atoms with Crippen LogP contribution < -0.4 is 9.80 Å². The monoisotopic (exact) mass is 500 g/mol. The van der Waals surface area contributed by atoms with Gasteiger partial charge in [-0.2, -0.15) is 0 Å². The van der Waals surface area contributed by atoms with Crippen LogP contribution in [0.1, 0.15) is 34.3 Å². The summed E-state index contributed by atoms with van der Waals surface area (Å²) in [6, 6.07) is 6.56. The normalized spacial score (nSPS) is 18.9. The molecule has 2 fully saturated rings. The zero-order chi connectivity index (χ0) is 25.3. The minimum Gasteiger partial charge on any atom is -0.383 e. The molecule has 0 spiro atoms. The number of hydrogen-bond donors (Lipinski definition) is 0. The van der Waals surface area contributed by atoms with Gasteiger partial charge in [0.2, 0.25) is 5.91 Å². The van der Waals surface area contributed by atoms with Crippen molar-refractivity contribution in [1.29, 1.82) is 0 Å². The van der Waals surface area contributed by atoms with E-state index in [-0.39, 0.29) is 28.3 Å². The molecule has 35 heavy (non-hydrogen) atoms. The first-order chi connectivity index (χ1) is 16.6. The van der Waals surface area contributed by atoms with E-state index in [1.54, 1.807) is 23.0 Å². The Balaban J connectivity index is 1.56. The zero-order valence-corrected chi connectivity index (χ0v) is 21.5. The first kappa shape index (κ1) is 25.1. The number of aromatic nitrogens is 1. The minimum absolute atomic E-state index is 0.0608. The van der Waals surface area contributed by atoms with E-state index in [2.05, 4.69) is 16.0 Å². The standard InChI is InChI=1S/C25H32N4O5S/c1-17-13-18(2)24(26-15-17)27-9-11-28(12-10-27)25(31)21-7-5-19(14-22(21)35(4,32)33)29-20(16-34-3)6-8-23(29)30/h5,7,13-15,20H,6,8-12,16H2,1-4H3/t20-/m0/s1. The molecule has 1 aromatic heterocycles. The van der Waals surface area contributed by atoms with E-state index in [4.69, 9.17) is 4.74 Å². The second-order valence-corrected chi connectivity index (χ2v) is 11.3. The van der Waals surface area contributed by atoms with Gasteiger partial charge in [0.15, 0.2) is 9.84 Å². The molecule has 0 unspecified atom stereocenters. The van der Waals surface area contributed by atoms with Crippen LogP contribution in [-0.2, 0) is 19.4 Å². The van der Waals surface area contributed by atoms with Crippen molar-refractivity contribution in [2.45, 2.75) is 37.6 Å². The molecule has 2 aliphatic heterocycles. The van der Waals surface area contributed by atoms with Gasteiger partial charge in [-0.15, -0.1) is 0 Å². The molecular formula is C25H32N4O5S. The smallest absolute Gasteiger partial charge is 0.255 e. The number of hydrogen-bond acceptors (Lipinski definition) is 7. The molecule has 10 heteroatoms. The number of benzene rings is 1. The second kappa shape index (κ2) is 9.94. The molecule has 2 aliphatic rings. The third kappa shape index (κ3) is 5.18. The molecule has 2 aromatic rings. The summed E-state index contributed by atoms with van der Waals surface area (Å²) in [6.45, 7) is 6.52. The molecule has 3 heterocycles. The molecule has 0 aliphatic carbocycles. The Morgan fingerprint density at radius 2 is 1.86 bits per heavy atom. The molecule has 9 nitrogen and oxygen atoms in total. The van der Waals surface area contributed by atoms with Gasteiger partial charge >= 0.3 is 0 Å². The SMILES string of the molecule is COC[C@@H]1CCC(=O)N1c1ccc(C(=O)N2CCN(c3ncc(C)cc3C)CC2)c(S(C)(=O)=O)c1. The van der Waals surface area contributed by atoms with Gasteiger partial charge in [-0.1, -0.05) is 6.07 Å². The number of rotatable bonds is 6. The first-order valence-corrected chi connectivity index (χ1v) is 13.6. The minimum atomic E-state index is -3.72. The molecule has 0 radical (unpaired) electrons. The fourth-order valence-electron chi connectivity index (χ4n) is 4.92. The van der Waals surface area contributed by atoms with Crippen molar-refractivity contribution < 1.29 is 22.7 Å². The van der Waals surface area contributed by atoms with Crippen LogP contribution in [0.2, 0.25) is 0 Å². The van der Waals surface area contributed by atoms with Gasteiger partial charge in [0.1, 0.15) is 5.82 Å². The van der Waals surface area contributed by atoms with Gasteiger partial charge in [-0.05, 0) is 49.6 Å². The van der Waals surface area contributed by atoms with Crippen LogP contribution in [-0.4, -0.2) is 82.3 Å². The first-order valence-electron chi connectivity index (χ1n) is 11.7. The topological polar surface area (TPSA) is 100 Å². The van der Waals surface area contributed by atoms with Crippen molar-refractivity contribution in [2.75, 3.05) is 56.0 Å². The molecule has 0 saturated carbocycles. The van der Waals surface area contributed by atoms with E-state index in [1.807, 2.05) is 20.0 Å². The molecule has 1 atom stereocenters. The lowest BCUT2D eigenvalue weighted by Crippen LogP contribution is -2.49. The maximum absolute atomic E-state index is 13.4. The third-order valence-electron chi connectivity index (χ3n) is 6.61. The van der Waals surface area contributed by atoms with E-state index in [0.717, 1.165) is 23.2 Å². The Bertz CT molecular complexity index is 1240. The molecule has 4 rings (SSSR count). The number of methoxy groups -OCH3 is 1. The number of carbonyl (C=O) groups is 2. The third-order valence-corrected chi connectivity index (χ3v) is 7.75. The summed E-state index contributed by atoms with van der Waals surface area (Å²) in [5.41, 5.74) is 2.78. The lowest BCUT2D eigenvalue weighted by Gasteiger charge is -2.36. The van der Waals surface area contributed by atoms with Crippen LogP contribution in [0.15, 0.2) is 35.4 Å². The predicted molar refractivity (Wildman–Crippen MR) is 134 cm³/mol. The van der Waals surface area contributed by atoms with Crippen molar-refractivity contribution in [1.82, 2.24) is 9.88 Å². The van der Waals surface area contributed by atoms with Gasteiger partial charge in [-0.3, -0.25) is 9.59 Å². The molecule has 2 amide bonds. The van der Waals surface area contributed by atoms with Crippen LogP contribution in [0.5, 0.6) is 0 Å². The summed E-state index contributed by atoms with van der Waals surface area (Å²) in [4.78, 5) is 35.8. The van der Waals surface area contributed by atoms with E-state index in [9.17, 15) is 18.0 Å². The van der Waals surface area contributed by atoms with Crippen molar-refractivity contribution in [3.8, 4) is 0 Å². The molecule has 188 valence electrons. The van der Waals surface area contributed by atoms with Crippen molar-refractivity contribution in [2.24, 2.45) is 0 Å². The van der Waals surface area contributed by atoms with E-state index >= 15 is 0 Å². The highest BCUT2D eigenvalue weighted by atomic mass is 32.2. The summed E-state index contributed by atoms with van der Waals surface area (Å²) in [6.07, 6.45) is 3.94. The fourth-order valence-corrected chi connectivity index (χ4v) is 5.81. The second-order valence-electron chi connectivity index (χ2n) is 9.30. The highest BCUT2D eigenvalue weighted by Crippen LogP contribution is 2.31. The van der Waals surface area contributed by atoms with Crippen LogP contribution in [0.3, 0.4) is 0 Å². The number of aryl methyl sites for hydroxylation is 2. The lowest BCUT2D eigenvalue weighted by atomic mass is 10.1. The zero-order valence-electron chi connectivity index (χ0n) is 20.7. The Kier molecular flexibility index (Phi) is 7.14. The summed E-state index contributed by atoms with van der Waals surface area (Å²) >= 11 is 0. The number of sulfone groups is 1. The van der Waals surface area contributed by atoms with Gasteiger partial charge in [-0.25, -0.2) is 13.4 Å². The Hall–Kier alpha value is -2.98. The number of piperazine rings is 1. The van der Waals surface area contributed by atoms with Crippen molar-refractivity contribution in [3.63, 3.8) is 0 Å². The largest absolute Gasteiger partial charge is 0.383 e. The maximum Gasteiger partial charge on any atom is 0.255 e. The molecule has 0 N–H and O–H groups in total. The Morgan fingerprint density at radius 1 is 1.14 bits per heavy atom. The quantitative estimate of drug-likeness (QED) is 0.600. The Labute approximate surface area is 206 Å². The Morgan fingerprint density at radius 3 is 2.49 bits per heavy atom. The predicted octanol–water partition coefficient (Wildman–Crippen LogP) is 2.21. The average molecular weight is 501 g/mol. The van der Waals surface area contributed by atoms with Crippen LogP contribution >= 0.6 is 0 Å². The molecule has 2 saturated heterocycles. The van der Waals surface area contributed by atoms with Gasteiger partial charge in [0.25, 0.3) is 5.91 Å². The number of anilines is 2. The van der Waals surface area contributed by atoms with Crippen LogP contribution in [0, 0.1) is 13.8 Å². The van der Waals surface area contributed by atoms with E-state index < -0.39 is 9.84 Å². The van der Waals surface area contributed by atoms with E-state index in [1.165, 1.54) is 12.1 Å². The highest BCUT2D eigenvalue weighted by Gasteiger charge is 2.34. The molecule has 1 aromatic carbocycles. The van der Waals surface area contributed by atoms with Gasteiger partial charge in [0.05, 0.1) is 23.1 Å². The number of carbonyl (C=O) groups excluding carboxylic acids is 2.